The van der Waals surface area contributed by atoms with Gasteiger partial charge in [0.1, 0.15) is 0 Å². The van der Waals surface area contributed by atoms with Gasteiger partial charge in [0.15, 0.2) is 0 Å². The van der Waals surface area contributed by atoms with Gasteiger partial charge in [-0.15, -0.1) is 0 Å². The van der Waals surface area contributed by atoms with Gasteiger partial charge in [-0.1, -0.05) is 24.8 Å². The van der Waals surface area contributed by atoms with E-state index in [1.54, 1.807) is 12.3 Å². The van der Waals surface area contributed by atoms with E-state index in [0.717, 1.165) is 35.8 Å². The van der Waals surface area contributed by atoms with Crippen LogP contribution in [0.4, 0.5) is 5.69 Å². The number of benzene rings is 1. The predicted octanol–water partition coefficient (Wildman–Crippen LogP) is 0.624. The van der Waals surface area contributed by atoms with E-state index in [1.165, 1.54) is 16.8 Å². The van der Waals surface area contributed by atoms with E-state index in [9.17, 15) is 0 Å². The first kappa shape index (κ1) is 15.4. The molecule has 3 rings (SSSR count). The van der Waals surface area contributed by atoms with E-state index in [1.807, 2.05) is 6.08 Å². The van der Waals surface area contributed by atoms with Crippen molar-refractivity contribution in [2.24, 2.45) is 5.73 Å². The lowest BCUT2D eigenvalue weighted by Crippen LogP contribution is -2.52. The zero-order chi connectivity index (χ0) is 16.2. The van der Waals surface area contributed by atoms with Crippen molar-refractivity contribution >= 4 is 23.5 Å². The second-order valence-electron chi connectivity index (χ2n) is 5.99. The highest BCUT2D eigenvalue weighted by atomic mass is 15.1. The molecule has 1 fully saturated rings. The van der Waals surface area contributed by atoms with Crippen molar-refractivity contribution in [2.75, 3.05) is 25.0 Å². The van der Waals surface area contributed by atoms with E-state index in [4.69, 9.17) is 5.73 Å². The molecule has 120 valence electrons. The van der Waals surface area contributed by atoms with E-state index < -0.39 is 0 Å². The summed E-state index contributed by atoms with van der Waals surface area (Å²) >= 11 is 0. The summed E-state index contributed by atoms with van der Waals surface area (Å²) in [5.74, 6) is 0. The van der Waals surface area contributed by atoms with E-state index in [2.05, 4.69) is 53.7 Å². The Hall–Kier alpha value is -2.46. The second kappa shape index (κ2) is 6.75. The van der Waals surface area contributed by atoms with Gasteiger partial charge in [0.2, 0.25) is 0 Å². The molecular weight excluding hydrogens is 284 g/mol. The Morgan fingerprint density at radius 3 is 2.70 bits per heavy atom. The van der Waals surface area contributed by atoms with Crippen LogP contribution < -0.4 is 32.1 Å². The number of rotatable bonds is 4. The Balaban J connectivity index is 2.10. The summed E-state index contributed by atoms with van der Waals surface area (Å²) in [5, 5.41) is 12.4. The smallest absolute Gasteiger partial charge is 0.0510 e. The summed E-state index contributed by atoms with van der Waals surface area (Å²) in [5.41, 5.74) is 10.6. The first-order valence-electron chi connectivity index (χ1n) is 7.99. The normalized spacial score (nSPS) is 19.5. The van der Waals surface area contributed by atoms with Gasteiger partial charge in [0.05, 0.1) is 6.04 Å². The van der Waals surface area contributed by atoms with Crippen LogP contribution in [0.5, 0.6) is 0 Å². The Labute approximate surface area is 137 Å². The number of hydrogen-bond donors (Lipinski definition) is 4. The van der Waals surface area contributed by atoms with Gasteiger partial charge >= 0.3 is 0 Å². The minimum Gasteiger partial charge on any atom is -0.404 e. The van der Waals surface area contributed by atoms with Crippen LogP contribution in [-0.4, -0.2) is 25.7 Å². The van der Waals surface area contributed by atoms with Crippen LogP contribution in [0.3, 0.4) is 0 Å². The quantitative estimate of drug-likeness (QED) is 0.659. The van der Waals surface area contributed by atoms with Crippen molar-refractivity contribution in [3.63, 3.8) is 0 Å². The largest absolute Gasteiger partial charge is 0.404 e. The molecule has 0 bridgehead atoms. The molecule has 0 spiro atoms. The summed E-state index contributed by atoms with van der Waals surface area (Å²) in [4.78, 5) is 0. The van der Waals surface area contributed by atoms with Crippen molar-refractivity contribution in [3.8, 4) is 0 Å². The van der Waals surface area contributed by atoms with Gasteiger partial charge < -0.3 is 21.7 Å². The molecule has 2 aliphatic heterocycles. The lowest BCUT2D eigenvalue weighted by atomic mass is 9.99. The lowest BCUT2D eigenvalue weighted by molar-refractivity contribution is 0.472. The monoisotopic (exact) mass is 308 g/mol. The third-order valence-electron chi connectivity index (χ3n) is 4.28. The molecule has 4 nitrogen and oxygen atoms in total. The van der Waals surface area contributed by atoms with Crippen molar-refractivity contribution in [2.45, 2.75) is 13.0 Å². The van der Waals surface area contributed by atoms with Gasteiger partial charge in [-0.2, -0.15) is 0 Å². The van der Waals surface area contributed by atoms with Crippen LogP contribution in [0.15, 0.2) is 42.6 Å². The van der Waals surface area contributed by atoms with Gasteiger partial charge in [-0.3, -0.25) is 0 Å². The first-order valence-corrected chi connectivity index (χ1v) is 7.99. The summed E-state index contributed by atoms with van der Waals surface area (Å²) < 4.78 is 0. The predicted molar refractivity (Wildman–Crippen MR) is 99.0 cm³/mol. The molecule has 0 saturated carbocycles. The van der Waals surface area contributed by atoms with Crippen LogP contribution in [0.2, 0.25) is 0 Å². The average Bonchev–Trinajstić information content (AvgIpc) is 2.51. The fourth-order valence-electron chi connectivity index (χ4n) is 2.82. The van der Waals surface area contributed by atoms with Crippen molar-refractivity contribution < 1.29 is 0 Å². The average molecular weight is 308 g/mol. The third kappa shape index (κ3) is 3.32. The minimum absolute atomic E-state index is 0.459. The molecule has 1 aromatic rings. The van der Waals surface area contributed by atoms with Crippen LogP contribution in [0.25, 0.3) is 17.8 Å². The van der Waals surface area contributed by atoms with E-state index >= 15 is 0 Å². The van der Waals surface area contributed by atoms with Gasteiger partial charge in [0, 0.05) is 42.4 Å². The molecule has 2 aliphatic rings. The molecule has 0 unspecified atom stereocenters. The Kier molecular flexibility index (Phi) is 4.53. The molecule has 0 amide bonds. The lowest BCUT2D eigenvalue weighted by Gasteiger charge is -2.29. The number of hydrogen-bond acceptors (Lipinski definition) is 4. The topological polar surface area (TPSA) is 62.1 Å². The molecule has 1 saturated heterocycles. The third-order valence-corrected chi connectivity index (χ3v) is 4.28. The zero-order valence-electron chi connectivity index (χ0n) is 13.5. The molecule has 23 heavy (non-hydrogen) atoms. The van der Waals surface area contributed by atoms with Gasteiger partial charge in [0.25, 0.3) is 0 Å². The molecule has 4 heteroatoms. The summed E-state index contributed by atoms with van der Waals surface area (Å²) in [6.07, 6.45) is 9.77. The molecule has 2 heterocycles. The molecular formula is C19H24N4. The van der Waals surface area contributed by atoms with Crippen LogP contribution >= 0.6 is 0 Å². The van der Waals surface area contributed by atoms with Crippen molar-refractivity contribution in [1.29, 1.82) is 0 Å². The fourth-order valence-corrected chi connectivity index (χ4v) is 2.82. The molecule has 0 aliphatic carbocycles. The maximum atomic E-state index is 5.89. The number of anilines is 1. The Bertz CT molecular complexity index is 782. The summed E-state index contributed by atoms with van der Waals surface area (Å²) in [6, 6.07) is 4.83. The maximum absolute atomic E-state index is 5.89. The Morgan fingerprint density at radius 1 is 1.30 bits per heavy atom. The SMILES string of the molecule is C=C/C=c1/cc(C2=CC=C(C)NC2)cc(NC2CNC2)/c1=C/N. The highest BCUT2D eigenvalue weighted by molar-refractivity contribution is 5.73. The summed E-state index contributed by atoms with van der Waals surface area (Å²) in [6.45, 7) is 8.71. The van der Waals surface area contributed by atoms with Gasteiger partial charge in [-0.25, -0.2) is 0 Å². The molecule has 0 radical (unpaired) electrons. The minimum atomic E-state index is 0.459. The van der Waals surface area contributed by atoms with Crippen LogP contribution in [-0.2, 0) is 0 Å². The number of allylic oxidation sites excluding steroid dienone is 4. The molecule has 5 N–H and O–H groups in total. The fraction of sp³-hybridized carbons (Fsp3) is 0.263. The zero-order valence-corrected chi connectivity index (χ0v) is 13.5. The van der Waals surface area contributed by atoms with Crippen molar-refractivity contribution in [1.82, 2.24) is 10.6 Å². The van der Waals surface area contributed by atoms with Crippen LogP contribution in [0, 0.1) is 0 Å². The van der Waals surface area contributed by atoms with Crippen molar-refractivity contribution in [3.05, 3.63) is 58.6 Å². The Morgan fingerprint density at radius 2 is 2.13 bits per heavy atom. The second-order valence-corrected chi connectivity index (χ2v) is 5.99. The highest BCUT2D eigenvalue weighted by Gasteiger charge is 2.17. The van der Waals surface area contributed by atoms with Gasteiger partial charge in [-0.05, 0) is 41.5 Å². The maximum Gasteiger partial charge on any atom is 0.0510 e. The molecule has 0 atom stereocenters. The standard InChI is InChI=1S/C19H24N4/c1-3-4-14-7-16(15-6-5-13(2)22-10-15)8-19(18(14)9-20)23-17-11-21-12-17/h3-9,17,21-23H,1,10-12,20H2,2H3/b14-4-,18-9+. The van der Waals surface area contributed by atoms with Crippen LogP contribution in [0.1, 0.15) is 12.5 Å². The molecule has 1 aromatic carbocycles. The number of nitrogens with two attached hydrogens (primary N) is 1. The summed E-state index contributed by atoms with van der Waals surface area (Å²) in [7, 11) is 0. The van der Waals surface area contributed by atoms with E-state index in [0.29, 0.717) is 6.04 Å². The highest BCUT2D eigenvalue weighted by Crippen LogP contribution is 2.18. The molecule has 0 aromatic heterocycles. The number of nitrogens with one attached hydrogen (secondary N) is 3. The number of dihydropyridines is 1. The first-order chi connectivity index (χ1) is 11.2. The van der Waals surface area contributed by atoms with E-state index in [-0.39, 0.29) is 0 Å².